The summed E-state index contributed by atoms with van der Waals surface area (Å²) in [5.41, 5.74) is 5.52. The maximum Gasteiger partial charge on any atom is 0.221 e. The fraction of sp³-hybridized carbons (Fsp3) is 0.250. The van der Waals surface area contributed by atoms with Gasteiger partial charge in [-0.1, -0.05) is 43.7 Å². The van der Waals surface area contributed by atoms with E-state index in [0.29, 0.717) is 24.5 Å². The van der Waals surface area contributed by atoms with E-state index in [0.717, 1.165) is 34.3 Å². The minimum Gasteiger partial charge on any atom is -0.489 e. The summed E-state index contributed by atoms with van der Waals surface area (Å²) >= 11 is 6.29. The monoisotopic (exact) mass is 477 g/mol. The number of nitrogens with two attached hydrogens (primary N) is 2. The molecule has 0 radical (unpaired) electrons. The molecule has 7 nitrogen and oxygen atoms in total. The summed E-state index contributed by atoms with van der Waals surface area (Å²) < 4.78 is 19.2. The van der Waals surface area contributed by atoms with E-state index in [1.54, 1.807) is 18.5 Å². The van der Waals surface area contributed by atoms with E-state index in [2.05, 4.69) is 17.6 Å². The highest BCUT2D eigenvalue weighted by molar-refractivity contribution is 6.31. The summed E-state index contributed by atoms with van der Waals surface area (Å²) in [7, 11) is 1.75. The maximum absolute atomic E-state index is 13.3. The number of ether oxygens (including phenoxy) is 1. The van der Waals surface area contributed by atoms with Crippen molar-refractivity contribution in [3.8, 4) is 5.75 Å². The van der Waals surface area contributed by atoms with E-state index in [1.807, 2.05) is 57.2 Å². The van der Waals surface area contributed by atoms with Gasteiger partial charge in [0, 0.05) is 17.6 Å². The van der Waals surface area contributed by atoms with Crippen molar-refractivity contribution >= 4 is 30.4 Å². The Kier molecular flexibility index (Phi) is 15.7. The molecule has 0 heterocycles. The number of halogens is 2. The molecule has 2 aromatic rings. The second-order valence-electron chi connectivity index (χ2n) is 6.31. The number of aliphatic imine (C=N–C) groups is 1. The molecular weight excluding hydrogens is 445 g/mol. The van der Waals surface area contributed by atoms with Crippen molar-refractivity contribution in [2.75, 3.05) is 12.1 Å². The van der Waals surface area contributed by atoms with Gasteiger partial charge in [0.15, 0.2) is 0 Å². The number of nitrogens with zero attached hydrogens (tertiary/aromatic N) is 2. The van der Waals surface area contributed by atoms with Crippen LogP contribution in [0, 0.1) is 6.92 Å². The average molecular weight is 478 g/mol. The highest BCUT2D eigenvalue weighted by atomic mass is 35.5. The lowest BCUT2D eigenvalue weighted by Crippen LogP contribution is -2.26. The average Bonchev–Trinajstić information content (AvgIpc) is 2.81. The third kappa shape index (κ3) is 11.3. The van der Waals surface area contributed by atoms with Gasteiger partial charge < -0.3 is 9.75 Å². The first-order chi connectivity index (χ1) is 15.8. The number of hydrogen-bond acceptors (Lipinski definition) is 6. The van der Waals surface area contributed by atoms with Crippen LogP contribution in [0.25, 0.3) is 0 Å². The zero-order chi connectivity index (χ0) is 25.2. The molecule has 2 aromatic carbocycles. The first-order valence-corrected chi connectivity index (χ1v) is 10.6. The normalized spacial score (nSPS) is 10.4. The number of carbonyl (C=O) groups is 1. The summed E-state index contributed by atoms with van der Waals surface area (Å²) in [6, 6.07) is 11.3. The Balaban J connectivity index is 0.00000154. The maximum atomic E-state index is 13.3. The van der Waals surface area contributed by atoms with Gasteiger partial charge in [0.1, 0.15) is 18.2 Å². The molecule has 0 atom stereocenters. The molecule has 9 heteroatoms. The highest BCUT2D eigenvalue weighted by Gasteiger charge is 2.10. The molecule has 0 aliphatic carbocycles. The number of anilines is 1. The summed E-state index contributed by atoms with van der Waals surface area (Å²) in [4.78, 5) is 12.3. The molecule has 0 aliphatic heterocycles. The zero-order valence-corrected chi connectivity index (χ0v) is 20.3. The Morgan fingerprint density at radius 2 is 2.00 bits per heavy atom. The van der Waals surface area contributed by atoms with Crippen LogP contribution in [-0.2, 0) is 17.8 Å². The standard InChI is InChI=1S/C21H23ClFN3O.C2H6.CH4N2O/c1-15-12-18(11-10-16(15)6-4-7-17(23)13-25-2)27-14-19-20(22)8-5-9-21(19)26(3)24;1-2;2-3-1-4/h4-5,7-13H,2,6,14,24H2,1,3H3;1-2H3;1H,2H2,(H,3,4)/b7-4-,17-13+;;. The van der Waals surface area contributed by atoms with Crippen molar-refractivity contribution in [3.63, 3.8) is 0 Å². The van der Waals surface area contributed by atoms with Crippen molar-refractivity contribution < 1.29 is 13.9 Å². The van der Waals surface area contributed by atoms with Crippen LogP contribution in [0.5, 0.6) is 5.75 Å². The van der Waals surface area contributed by atoms with Crippen LogP contribution in [0.2, 0.25) is 5.02 Å². The number of allylic oxidation sites excluding steroid dienone is 3. The molecule has 1 amide bonds. The van der Waals surface area contributed by atoms with Crippen LogP contribution in [0.3, 0.4) is 0 Å². The number of rotatable bonds is 9. The number of nitrogens with one attached hydrogen (secondary N) is 1. The van der Waals surface area contributed by atoms with Crippen LogP contribution < -0.4 is 26.9 Å². The molecule has 0 aromatic heterocycles. The molecule has 0 aliphatic rings. The Hall–Kier alpha value is -3.20. The quantitative estimate of drug-likeness (QED) is 0.120. The minimum atomic E-state index is -0.428. The van der Waals surface area contributed by atoms with E-state index in [4.69, 9.17) is 27.0 Å². The predicted octanol–water partition coefficient (Wildman–Crippen LogP) is 4.78. The number of amides is 1. The summed E-state index contributed by atoms with van der Waals surface area (Å²) in [5, 5.41) is 2.12. The fourth-order valence-electron chi connectivity index (χ4n) is 2.59. The van der Waals surface area contributed by atoms with Crippen molar-refractivity contribution in [2.45, 2.75) is 33.8 Å². The summed E-state index contributed by atoms with van der Waals surface area (Å²) in [6.45, 7) is 9.51. The zero-order valence-electron chi connectivity index (χ0n) is 19.5. The van der Waals surface area contributed by atoms with E-state index in [-0.39, 0.29) is 0 Å². The summed E-state index contributed by atoms with van der Waals surface area (Å²) in [6.07, 6.45) is 5.20. The molecule has 5 N–H and O–H groups in total. The number of hydrazine groups is 2. The third-order valence-electron chi connectivity index (χ3n) is 4.07. The molecule has 2 rings (SSSR count). The number of benzene rings is 2. The van der Waals surface area contributed by atoms with Crippen LogP contribution in [0.1, 0.15) is 30.5 Å². The molecule has 0 unspecified atom stereocenters. The van der Waals surface area contributed by atoms with E-state index in [9.17, 15) is 4.39 Å². The second-order valence-corrected chi connectivity index (χ2v) is 6.72. The van der Waals surface area contributed by atoms with Gasteiger partial charge in [-0.3, -0.25) is 15.2 Å². The van der Waals surface area contributed by atoms with Crippen molar-refractivity contribution in [3.05, 3.63) is 82.3 Å². The number of aryl methyl sites for hydroxylation is 1. The van der Waals surface area contributed by atoms with E-state index in [1.165, 1.54) is 11.1 Å². The minimum absolute atomic E-state index is 0.305. The van der Waals surface area contributed by atoms with Gasteiger partial charge in [0.05, 0.1) is 11.9 Å². The lowest BCUT2D eigenvalue weighted by Gasteiger charge is -2.18. The lowest BCUT2D eigenvalue weighted by molar-refractivity contribution is -0.109. The second kappa shape index (κ2) is 17.4. The molecule has 180 valence electrons. The molecule has 0 fully saturated rings. The van der Waals surface area contributed by atoms with Gasteiger partial charge >= 0.3 is 0 Å². The van der Waals surface area contributed by atoms with E-state index >= 15 is 0 Å². The first-order valence-electron chi connectivity index (χ1n) is 10.2. The Morgan fingerprint density at radius 3 is 2.55 bits per heavy atom. The summed E-state index contributed by atoms with van der Waals surface area (Å²) in [5.74, 6) is 10.6. The Bertz CT molecular complexity index is 933. The predicted molar refractivity (Wildman–Crippen MR) is 136 cm³/mol. The van der Waals surface area contributed by atoms with Crippen LogP contribution in [-0.4, -0.2) is 20.2 Å². The van der Waals surface area contributed by atoms with Crippen LogP contribution in [0.15, 0.2) is 65.6 Å². The molecule has 0 saturated heterocycles. The smallest absolute Gasteiger partial charge is 0.221 e. The van der Waals surface area contributed by atoms with Crippen LogP contribution >= 0.6 is 11.6 Å². The van der Waals surface area contributed by atoms with Gasteiger partial charge in [0.25, 0.3) is 0 Å². The van der Waals surface area contributed by atoms with Crippen LogP contribution in [0.4, 0.5) is 10.1 Å². The highest BCUT2D eigenvalue weighted by Crippen LogP contribution is 2.28. The third-order valence-corrected chi connectivity index (χ3v) is 4.42. The fourth-order valence-corrected chi connectivity index (χ4v) is 2.82. The first kappa shape index (κ1) is 29.8. The SMILES string of the molecule is C=N/C=C(F)\C=C/Cc1ccc(OCc2c(Cl)cccc2N(C)N)cc1C.CC.NNC=O. The largest absolute Gasteiger partial charge is 0.489 e. The molecule has 33 heavy (non-hydrogen) atoms. The Morgan fingerprint density at radius 1 is 1.33 bits per heavy atom. The van der Waals surface area contributed by atoms with E-state index < -0.39 is 5.83 Å². The number of carbonyl (C=O) groups excluding carboxylic acids is 1. The molecular formula is C24H33ClFN5O2. The van der Waals surface area contributed by atoms with Gasteiger partial charge in [0.2, 0.25) is 6.41 Å². The van der Waals surface area contributed by atoms with Gasteiger partial charge in [-0.05, 0) is 61.5 Å². The van der Waals surface area contributed by atoms with Crippen molar-refractivity contribution in [1.82, 2.24) is 5.43 Å². The lowest BCUT2D eigenvalue weighted by atomic mass is 10.1. The van der Waals surface area contributed by atoms with Gasteiger partial charge in [-0.25, -0.2) is 16.1 Å². The van der Waals surface area contributed by atoms with Crippen molar-refractivity contribution in [1.29, 1.82) is 0 Å². The van der Waals surface area contributed by atoms with Crippen molar-refractivity contribution in [2.24, 2.45) is 16.7 Å². The molecule has 0 spiro atoms. The number of hydrogen-bond donors (Lipinski definition) is 3. The Labute approximate surface area is 200 Å². The molecule has 0 saturated carbocycles. The van der Waals surface area contributed by atoms with Gasteiger partial charge in [-0.15, -0.1) is 0 Å². The topological polar surface area (TPSA) is 106 Å². The van der Waals surface area contributed by atoms with Gasteiger partial charge in [-0.2, -0.15) is 0 Å². The molecule has 0 bridgehead atoms.